The lowest BCUT2D eigenvalue weighted by Crippen LogP contribution is -2.57. The summed E-state index contributed by atoms with van der Waals surface area (Å²) in [5.41, 5.74) is 4.46. The number of oxime groups is 1. The minimum absolute atomic E-state index is 0.136. The van der Waals surface area contributed by atoms with Gasteiger partial charge in [-0.05, 0) is 26.2 Å². The first-order valence-corrected chi connectivity index (χ1v) is 7.07. The molecule has 0 aliphatic carbocycles. The van der Waals surface area contributed by atoms with Gasteiger partial charge in [-0.15, -0.1) is 0 Å². The molecule has 1 aliphatic heterocycles. The van der Waals surface area contributed by atoms with E-state index < -0.39 is 15.7 Å². The summed E-state index contributed by atoms with van der Waals surface area (Å²) in [7, 11) is -3.57. The van der Waals surface area contributed by atoms with E-state index in [1.807, 2.05) is 0 Å². The Labute approximate surface area is 102 Å². The van der Waals surface area contributed by atoms with E-state index >= 15 is 0 Å². The van der Waals surface area contributed by atoms with Crippen LogP contribution in [0.25, 0.3) is 0 Å². The van der Waals surface area contributed by atoms with Gasteiger partial charge < -0.3 is 10.9 Å². The molecule has 7 nitrogen and oxygen atoms in total. The van der Waals surface area contributed by atoms with E-state index in [2.05, 4.69) is 9.88 Å². The molecule has 0 aromatic heterocycles. The zero-order chi connectivity index (χ0) is 13.1. The summed E-state index contributed by atoms with van der Waals surface area (Å²) in [5.74, 6) is -0.136. The fourth-order valence-electron chi connectivity index (χ4n) is 1.69. The Hall–Kier alpha value is -0.860. The van der Waals surface area contributed by atoms with Crippen LogP contribution in [0.3, 0.4) is 0 Å². The van der Waals surface area contributed by atoms with Gasteiger partial charge in [-0.1, -0.05) is 12.1 Å². The molecule has 1 saturated heterocycles. The van der Waals surface area contributed by atoms with E-state index in [1.165, 1.54) is 4.31 Å². The highest BCUT2D eigenvalue weighted by atomic mass is 32.2. The number of hydrogen-bond donors (Lipinski definition) is 3. The van der Waals surface area contributed by atoms with Gasteiger partial charge >= 0.3 is 0 Å². The van der Waals surface area contributed by atoms with Gasteiger partial charge in [0.1, 0.15) is 0 Å². The van der Waals surface area contributed by atoms with Crippen LogP contribution in [-0.4, -0.2) is 42.4 Å². The monoisotopic (exact) mass is 264 g/mol. The molecule has 8 heteroatoms. The van der Waals surface area contributed by atoms with Gasteiger partial charge in [-0.3, -0.25) is 0 Å². The highest BCUT2D eigenvalue weighted by Crippen LogP contribution is 2.16. The van der Waals surface area contributed by atoms with Crippen LogP contribution in [0.4, 0.5) is 0 Å². The van der Waals surface area contributed by atoms with Crippen LogP contribution in [0, 0.1) is 0 Å². The lowest BCUT2D eigenvalue weighted by molar-refractivity contribution is 0.310. The van der Waals surface area contributed by atoms with Gasteiger partial charge in [-0.25, -0.2) is 0 Å². The Kier molecular flexibility index (Phi) is 4.34. The molecule has 4 N–H and O–H groups in total. The van der Waals surface area contributed by atoms with E-state index in [0.29, 0.717) is 19.5 Å². The maximum Gasteiger partial charge on any atom is 0.280 e. The van der Waals surface area contributed by atoms with Crippen molar-refractivity contribution in [2.75, 3.05) is 13.1 Å². The van der Waals surface area contributed by atoms with E-state index in [9.17, 15) is 8.42 Å². The van der Waals surface area contributed by atoms with Crippen molar-refractivity contribution < 1.29 is 13.6 Å². The molecule has 0 spiro atoms. The van der Waals surface area contributed by atoms with Crippen molar-refractivity contribution in [2.24, 2.45) is 10.9 Å². The first-order chi connectivity index (χ1) is 7.85. The summed E-state index contributed by atoms with van der Waals surface area (Å²) >= 11 is 0. The molecule has 0 bridgehead atoms. The van der Waals surface area contributed by atoms with Crippen LogP contribution in [0.5, 0.6) is 0 Å². The minimum atomic E-state index is -3.57. The van der Waals surface area contributed by atoms with Crippen molar-refractivity contribution >= 4 is 16.0 Å². The second kappa shape index (κ2) is 5.19. The highest BCUT2D eigenvalue weighted by Gasteiger charge is 2.36. The van der Waals surface area contributed by atoms with E-state index in [0.717, 1.165) is 12.8 Å². The third-order valence-corrected chi connectivity index (χ3v) is 4.89. The molecule has 0 aromatic carbocycles. The number of nitrogens with zero attached hydrogens (tertiary/aromatic N) is 2. The molecule has 0 amide bonds. The number of rotatable bonds is 5. The van der Waals surface area contributed by atoms with Crippen LogP contribution in [-0.2, 0) is 10.2 Å². The lowest BCUT2D eigenvalue weighted by Gasteiger charge is -2.29. The van der Waals surface area contributed by atoms with Crippen molar-refractivity contribution in [3.63, 3.8) is 0 Å². The summed E-state index contributed by atoms with van der Waals surface area (Å²) in [6.45, 7) is 4.40. The maximum atomic E-state index is 12.1. The molecule has 1 fully saturated rings. The Morgan fingerprint density at radius 2 is 2.06 bits per heavy atom. The predicted octanol–water partition coefficient (Wildman–Crippen LogP) is -0.168. The zero-order valence-corrected chi connectivity index (χ0v) is 11.0. The Morgan fingerprint density at radius 1 is 1.53 bits per heavy atom. The minimum Gasteiger partial charge on any atom is -0.409 e. The summed E-state index contributed by atoms with van der Waals surface area (Å²) in [5, 5.41) is 11.6. The molecule has 1 heterocycles. The van der Waals surface area contributed by atoms with Crippen LogP contribution >= 0.6 is 0 Å². The number of nitrogens with one attached hydrogen (secondary N) is 1. The molecule has 1 aliphatic rings. The average Bonchev–Trinajstić information content (AvgIpc) is 2.81. The quantitative estimate of drug-likeness (QED) is 0.277. The number of hydrogen-bond acceptors (Lipinski definition) is 4. The van der Waals surface area contributed by atoms with Crippen molar-refractivity contribution in [2.45, 2.75) is 38.6 Å². The van der Waals surface area contributed by atoms with Crippen LogP contribution < -0.4 is 10.5 Å². The normalized spacial score (nSPS) is 22.6. The van der Waals surface area contributed by atoms with Gasteiger partial charge in [0, 0.05) is 13.1 Å². The molecule has 1 rings (SSSR count). The van der Waals surface area contributed by atoms with Crippen LogP contribution in [0.15, 0.2) is 5.16 Å². The molecular weight excluding hydrogens is 244 g/mol. The highest BCUT2D eigenvalue weighted by molar-refractivity contribution is 7.87. The Morgan fingerprint density at radius 3 is 2.47 bits per heavy atom. The van der Waals surface area contributed by atoms with E-state index in [-0.39, 0.29) is 5.84 Å². The van der Waals surface area contributed by atoms with Gasteiger partial charge in [-0.2, -0.15) is 17.4 Å². The number of nitrogens with two attached hydrogens (primary N) is 1. The molecular formula is C9H20N4O3S. The molecule has 1 atom stereocenters. The van der Waals surface area contributed by atoms with Crippen molar-refractivity contribution in [1.82, 2.24) is 9.03 Å². The SMILES string of the molecule is CCC(C)(NS(=O)(=O)N1CCCC1)/C(N)=N/O. The first kappa shape index (κ1) is 14.2. The van der Waals surface area contributed by atoms with Gasteiger partial charge in [0.15, 0.2) is 5.84 Å². The molecule has 17 heavy (non-hydrogen) atoms. The molecule has 0 saturated carbocycles. The summed E-state index contributed by atoms with van der Waals surface area (Å²) in [6, 6.07) is 0. The molecule has 1 unspecified atom stereocenters. The zero-order valence-electron chi connectivity index (χ0n) is 10.2. The fourth-order valence-corrected chi connectivity index (χ4v) is 3.38. The van der Waals surface area contributed by atoms with Crippen LogP contribution in [0.2, 0.25) is 0 Å². The average molecular weight is 264 g/mol. The Bertz CT molecular complexity index is 389. The topological polar surface area (TPSA) is 108 Å². The number of amidine groups is 1. The summed E-state index contributed by atoms with van der Waals surface area (Å²) < 4.78 is 28.0. The second-order valence-corrected chi connectivity index (χ2v) is 6.05. The smallest absolute Gasteiger partial charge is 0.280 e. The second-order valence-electron chi connectivity index (χ2n) is 4.38. The third-order valence-electron chi connectivity index (χ3n) is 3.14. The van der Waals surface area contributed by atoms with E-state index in [1.54, 1.807) is 13.8 Å². The third kappa shape index (κ3) is 3.08. The maximum absolute atomic E-state index is 12.1. The first-order valence-electron chi connectivity index (χ1n) is 5.63. The van der Waals surface area contributed by atoms with Crippen molar-refractivity contribution in [1.29, 1.82) is 0 Å². The molecule has 0 aromatic rings. The largest absolute Gasteiger partial charge is 0.409 e. The van der Waals surface area contributed by atoms with Crippen molar-refractivity contribution in [3.8, 4) is 0 Å². The standard InChI is InChI=1S/C9H20N4O3S/c1-3-9(2,8(10)11-14)12-17(15,16)13-6-4-5-7-13/h12,14H,3-7H2,1-2H3,(H2,10,11). The Balaban J connectivity index is 2.87. The fraction of sp³-hybridized carbons (Fsp3) is 0.889. The van der Waals surface area contributed by atoms with Gasteiger partial charge in [0.25, 0.3) is 10.2 Å². The van der Waals surface area contributed by atoms with E-state index in [4.69, 9.17) is 10.9 Å². The van der Waals surface area contributed by atoms with Gasteiger partial charge in [0.2, 0.25) is 0 Å². The lowest BCUT2D eigenvalue weighted by atomic mass is 10.00. The van der Waals surface area contributed by atoms with Gasteiger partial charge in [0.05, 0.1) is 5.54 Å². The van der Waals surface area contributed by atoms with Crippen LogP contribution in [0.1, 0.15) is 33.1 Å². The molecule has 100 valence electrons. The molecule has 0 radical (unpaired) electrons. The summed E-state index contributed by atoms with van der Waals surface area (Å²) in [6.07, 6.45) is 2.14. The predicted molar refractivity (Wildman–Crippen MR) is 65.0 cm³/mol. The van der Waals surface area contributed by atoms with Crippen molar-refractivity contribution in [3.05, 3.63) is 0 Å². The summed E-state index contributed by atoms with van der Waals surface area (Å²) in [4.78, 5) is 0.